The number of benzene rings is 1. The number of rotatable bonds is 6. The van der Waals surface area contributed by atoms with E-state index in [4.69, 9.17) is 4.74 Å². The highest BCUT2D eigenvalue weighted by atomic mass is 16.5. The van der Waals surface area contributed by atoms with E-state index < -0.39 is 11.5 Å². The van der Waals surface area contributed by atoms with Gasteiger partial charge in [-0.05, 0) is 51.6 Å². The molecule has 7 heteroatoms. The molecule has 3 rings (SSSR count). The minimum atomic E-state index is -0.813. The Morgan fingerprint density at radius 2 is 1.97 bits per heavy atom. The van der Waals surface area contributed by atoms with E-state index in [0.717, 1.165) is 30.8 Å². The highest BCUT2D eigenvalue weighted by Gasteiger charge is 2.25. The number of H-pyrrole nitrogens is 1. The van der Waals surface area contributed by atoms with Crippen molar-refractivity contribution in [2.45, 2.75) is 32.7 Å². The van der Waals surface area contributed by atoms with Gasteiger partial charge in [0.1, 0.15) is 5.75 Å². The van der Waals surface area contributed by atoms with Gasteiger partial charge < -0.3 is 24.6 Å². The molecular formula is C22H29N3O4. The smallest absolute Gasteiger partial charge is 0.347 e. The number of esters is 1. The summed E-state index contributed by atoms with van der Waals surface area (Å²) >= 11 is 0. The summed E-state index contributed by atoms with van der Waals surface area (Å²) in [5.74, 6) is -1.12. The van der Waals surface area contributed by atoms with Gasteiger partial charge in [-0.2, -0.15) is 0 Å². The van der Waals surface area contributed by atoms with Crippen LogP contribution < -0.4 is 10.5 Å². The highest BCUT2D eigenvalue weighted by molar-refractivity contribution is 5.93. The molecule has 1 aliphatic rings. The fraction of sp³-hybridized carbons (Fsp3) is 0.455. The zero-order valence-corrected chi connectivity index (χ0v) is 17.5. The van der Waals surface area contributed by atoms with Gasteiger partial charge in [0, 0.05) is 30.4 Å². The molecule has 2 heterocycles. The number of aromatic hydroxyl groups is 1. The molecule has 7 nitrogen and oxygen atoms in total. The lowest BCUT2D eigenvalue weighted by Crippen LogP contribution is -2.31. The molecule has 1 aromatic heterocycles. The van der Waals surface area contributed by atoms with Gasteiger partial charge in [-0.25, -0.2) is 4.79 Å². The summed E-state index contributed by atoms with van der Waals surface area (Å²) in [6, 6.07) is 8.48. The Hall–Kier alpha value is -2.80. The Bertz CT molecular complexity index is 934. The molecule has 2 N–H and O–H groups in total. The molecule has 29 heavy (non-hydrogen) atoms. The number of anilines is 1. The van der Waals surface area contributed by atoms with Crippen molar-refractivity contribution in [1.29, 1.82) is 0 Å². The van der Waals surface area contributed by atoms with Crippen LogP contribution in [0.4, 0.5) is 5.69 Å². The Morgan fingerprint density at radius 1 is 1.28 bits per heavy atom. The van der Waals surface area contributed by atoms with Crippen molar-refractivity contribution in [3.63, 3.8) is 0 Å². The molecule has 0 radical (unpaired) electrons. The lowest BCUT2D eigenvalue weighted by molar-refractivity contribution is 0.0520. The quantitative estimate of drug-likeness (QED) is 0.727. The predicted octanol–water partition coefficient (Wildman–Crippen LogP) is 2.63. The van der Waals surface area contributed by atoms with E-state index in [2.05, 4.69) is 28.9 Å². The molecule has 156 valence electrons. The fourth-order valence-corrected chi connectivity index (χ4v) is 3.85. The Balaban J connectivity index is 1.93. The van der Waals surface area contributed by atoms with Gasteiger partial charge >= 0.3 is 5.97 Å². The van der Waals surface area contributed by atoms with Crippen LogP contribution in [0.15, 0.2) is 29.1 Å². The Labute approximate surface area is 170 Å². The van der Waals surface area contributed by atoms with Crippen LogP contribution in [0.5, 0.6) is 5.75 Å². The van der Waals surface area contributed by atoms with Crippen LogP contribution >= 0.6 is 0 Å². The van der Waals surface area contributed by atoms with E-state index in [1.54, 1.807) is 6.92 Å². The molecule has 1 saturated heterocycles. The van der Waals surface area contributed by atoms with E-state index in [9.17, 15) is 14.7 Å². The first kappa shape index (κ1) is 20.9. The zero-order chi connectivity index (χ0) is 21.1. The van der Waals surface area contributed by atoms with Crippen LogP contribution in [-0.4, -0.2) is 60.8 Å². The SMILES string of the molecule is CCOC(=O)c1c(O)c(CC)c(-c2ccc(N3CCC(N(C)C)C3)cc2)[nH]c1=O. The summed E-state index contributed by atoms with van der Waals surface area (Å²) in [5, 5.41) is 10.6. The lowest BCUT2D eigenvalue weighted by Gasteiger charge is -2.22. The normalized spacial score (nSPS) is 16.4. The standard InChI is InChI=1S/C22H29N3O4/c1-5-17-19(23-21(27)18(20(17)26)22(28)29-6-2)14-7-9-15(10-8-14)25-12-11-16(13-25)24(3)4/h7-10,16H,5-6,11-13H2,1-4H3,(H2,23,26,27). The average molecular weight is 399 g/mol. The maximum Gasteiger partial charge on any atom is 0.347 e. The molecule has 2 aromatic rings. The first-order valence-electron chi connectivity index (χ1n) is 10.0. The average Bonchev–Trinajstić information content (AvgIpc) is 3.18. The van der Waals surface area contributed by atoms with E-state index >= 15 is 0 Å². The number of ether oxygens (including phenoxy) is 1. The highest BCUT2D eigenvalue weighted by Crippen LogP contribution is 2.32. The second-order valence-electron chi connectivity index (χ2n) is 7.50. The Kier molecular flexibility index (Phi) is 6.27. The summed E-state index contributed by atoms with van der Waals surface area (Å²) in [4.78, 5) is 31.9. The summed E-state index contributed by atoms with van der Waals surface area (Å²) in [7, 11) is 4.21. The van der Waals surface area contributed by atoms with Crippen molar-refractivity contribution in [2.24, 2.45) is 0 Å². The molecule has 1 aromatic carbocycles. The number of likely N-dealkylation sites (N-methyl/N-ethyl adjacent to an activating group) is 1. The van der Waals surface area contributed by atoms with Crippen molar-refractivity contribution < 1.29 is 14.6 Å². The predicted molar refractivity (Wildman–Crippen MR) is 114 cm³/mol. The number of carbonyl (C=O) groups is 1. The van der Waals surface area contributed by atoms with Crippen LogP contribution in [-0.2, 0) is 11.2 Å². The van der Waals surface area contributed by atoms with E-state index in [0.29, 0.717) is 23.7 Å². The minimum absolute atomic E-state index is 0.133. The van der Waals surface area contributed by atoms with E-state index in [-0.39, 0.29) is 17.9 Å². The number of aromatic nitrogens is 1. The molecular weight excluding hydrogens is 370 g/mol. The van der Waals surface area contributed by atoms with Gasteiger partial charge in [-0.15, -0.1) is 0 Å². The molecule has 1 fully saturated rings. The number of aromatic amines is 1. The molecule has 1 atom stereocenters. The summed E-state index contributed by atoms with van der Waals surface area (Å²) in [5.41, 5.74) is 1.99. The van der Waals surface area contributed by atoms with Crippen molar-refractivity contribution >= 4 is 11.7 Å². The van der Waals surface area contributed by atoms with Crippen LogP contribution in [0.25, 0.3) is 11.3 Å². The number of hydrogen-bond donors (Lipinski definition) is 2. The van der Waals surface area contributed by atoms with Crippen LogP contribution in [0.1, 0.15) is 36.2 Å². The van der Waals surface area contributed by atoms with Gasteiger partial charge in [0.25, 0.3) is 5.56 Å². The number of carbonyl (C=O) groups excluding carboxylic acids is 1. The minimum Gasteiger partial charge on any atom is -0.506 e. The van der Waals surface area contributed by atoms with Gasteiger partial charge in [0.15, 0.2) is 5.56 Å². The lowest BCUT2D eigenvalue weighted by atomic mass is 10.0. The van der Waals surface area contributed by atoms with Gasteiger partial charge in [-0.1, -0.05) is 19.1 Å². The maximum atomic E-state index is 12.5. The number of hydrogen-bond acceptors (Lipinski definition) is 6. The molecule has 0 bridgehead atoms. The third-order valence-electron chi connectivity index (χ3n) is 5.54. The maximum absolute atomic E-state index is 12.5. The van der Waals surface area contributed by atoms with Gasteiger partial charge in [0.05, 0.1) is 12.3 Å². The van der Waals surface area contributed by atoms with Crippen LogP contribution in [0.3, 0.4) is 0 Å². The van der Waals surface area contributed by atoms with Gasteiger partial charge in [-0.3, -0.25) is 4.79 Å². The largest absolute Gasteiger partial charge is 0.506 e. The van der Waals surface area contributed by atoms with Crippen LogP contribution in [0.2, 0.25) is 0 Å². The monoisotopic (exact) mass is 399 g/mol. The summed E-state index contributed by atoms with van der Waals surface area (Å²) in [6.07, 6.45) is 1.59. The number of nitrogens with zero attached hydrogens (tertiary/aromatic N) is 2. The summed E-state index contributed by atoms with van der Waals surface area (Å²) in [6.45, 7) is 5.65. The third-order valence-corrected chi connectivity index (χ3v) is 5.54. The van der Waals surface area contributed by atoms with Crippen molar-refractivity contribution in [1.82, 2.24) is 9.88 Å². The van der Waals surface area contributed by atoms with Crippen LogP contribution in [0, 0.1) is 0 Å². The number of nitrogens with one attached hydrogen (secondary N) is 1. The molecule has 1 unspecified atom stereocenters. The van der Waals surface area contributed by atoms with E-state index in [1.807, 2.05) is 31.2 Å². The molecule has 0 amide bonds. The van der Waals surface area contributed by atoms with E-state index in [1.165, 1.54) is 0 Å². The van der Waals surface area contributed by atoms with Crippen molar-refractivity contribution in [3.8, 4) is 17.0 Å². The third kappa shape index (κ3) is 4.15. The second kappa shape index (κ2) is 8.69. The molecule has 1 aliphatic heterocycles. The molecule has 0 aliphatic carbocycles. The Morgan fingerprint density at radius 3 is 2.52 bits per heavy atom. The second-order valence-corrected chi connectivity index (χ2v) is 7.50. The number of pyridine rings is 1. The van der Waals surface area contributed by atoms with Crippen molar-refractivity contribution in [2.75, 3.05) is 38.7 Å². The first-order chi connectivity index (χ1) is 13.9. The molecule has 0 spiro atoms. The van der Waals surface area contributed by atoms with Gasteiger partial charge in [0.2, 0.25) is 0 Å². The zero-order valence-electron chi connectivity index (χ0n) is 17.5. The van der Waals surface area contributed by atoms with Crippen molar-refractivity contribution in [3.05, 3.63) is 45.7 Å². The topological polar surface area (TPSA) is 85.9 Å². The first-order valence-corrected chi connectivity index (χ1v) is 10.0. The fourth-order valence-electron chi connectivity index (χ4n) is 3.85. The molecule has 0 saturated carbocycles. The summed E-state index contributed by atoms with van der Waals surface area (Å²) < 4.78 is 4.90.